The van der Waals surface area contributed by atoms with Gasteiger partial charge in [0.2, 0.25) is 0 Å². The molecule has 0 unspecified atom stereocenters. The summed E-state index contributed by atoms with van der Waals surface area (Å²) in [6.07, 6.45) is 0. The lowest BCUT2D eigenvalue weighted by molar-refractivity contribution is -0.142. The van der Waals surface area contributed by atoms with Crippen molar-refractivity contribution in [1.82, 2.24) is 19.1 Å². The summed E-state index contributed by atoms with van der Waals surface area (Å²) in [4.78, 5) is 45.9. The maximum Gasteiger partial charge on any atom is 0.332 e. The Kier molecular flexibility index (Phi) is 5.83. The second-order valence-electron chi connectivity index (χ2n) is 6.25. The number of aryl methyl sites for hydroxylation is 1. The monoisotopic (exact) mass is 418 g/mol. The van der Waals surface area contributed by atoms with Crippen molar-refractivity contribution in [3.05, 3.63) is 50.9 Å². The average molecular weight is 418 g/mol. The SMILES string of the molecule is CCOC(=O)[C@@H](C)Sc1nc(-c2ccccc2F)nc2c1c(=O)n(C)c(=O)n2C. The summed E-state index contributed by atoms with van der Waals surface area (Å²) >= 11 is 0.996. The molecule has 1 aromatic carbocycles. The van der Waals surface area contributed by atoms with E-state index in [1.54, 1.807) is 19.9 Å². The van der Waals surface area contributed by atoms with Crippen molar-refractivity contribution < 1.29 is 13.9 Å². The predicted molar refractivity (Wildman–Crippen MR) is 107 cm³/mol. The Bertz CT molecular complexity index is 1220. The number of esters is 1. The minimum absolute atomic E-state index is 0.0115. The smallest absolute Gasteiger partial charge is 0.332 e. The molecule has 2 aromatic heterocycles. The lowest BCUT2D eigenvalue weighted by atomic mass is 10.2. The zero-order valence-electron chi connectivity index (χ0n) is 16.3. The molecule has 0 saturated carbocycles. The fourth-order valence-corrected chi connectivity index (χ4v) is 3.69. The zero-order chi connectivity index (χ0) is 21.3. The van der Waals surface area contributed by atoms with E-state index in [2.05, 4.69) is 9.97 Å². The first-order chi connectivity index (χ1) is 13.8. The van der Waals surface area contributed by atoms with Crippen molar-refractivity contribution in [2.45, 2.75) is 24.1 Å². The lowest BCUT2D eigenvalue weighted by Gasteiger charge is -2.14. The second-order valence-corrected chi connectivity index (χ2v) is 7.58. The molecule has 10 heteroatoms. The third kappa shape index (κ3) is 3.80. The molecule has 1 atom stereocenters. The van der Waals surface area contributed by atoms with Crippen LogP contribution in [0.1, 0.15) is 13.8 Å². The molecular weight excluding hydrogens is 399 g/mol. The topological polar surface area (TPSA) is 96.1 Å². The summed E-state index contributed by atoms with van der Waals surface area (Å²) in [7, 11) is 2.81. The molecular formula is C19H19FN4O4S. The standard InChI is InChI=1S/C19H19FN4O4S/c1-5-28-18(26)10(2)29-16-13-15(23(3)19(27)24(4)17(13)25)21-14(22-16)11-8-6-7-9-12(11)20/h6-10H,5H2,1-4H3/t10-/m1/s1. The van der Waals surface area contributed by atoms with E-state index in [1.165, 1.54) is 36.9 Å². The molecule has 0 aliphatic heterocycles. The van der Waals surface area contributed by atoms with Gasteiger partial charge in [-0.1, -0.05) is 23.9 Å². The van der Waals surface area contributed by atoms with Crippen LogP contribution in [0.15, 0.2) is 38.9 Å². The Morgan fingerprint density at radius 3 is 2.55 bits per heavy atom. The van der Waals surface area contributed by atoms with Gasteiger partial charge in [0, 0.05) is 14.1 Å². The fraction of sp³-hybridized carbons (Fsp3) is 0.316. The van der Waals surface area contributed by atoms with Crippen LogP contribution in [0.3, 0.4) is 0 Å². The molecule has 0 aliphatic rings. The number of carbonyl (C=O) groups excluding carboxylic acids is 1. The normalized spacial score (nSPS) is 12.2. The van der Waals surface area contributed by atoms with Crippen molar-refractivity contribution in [2.75, 3.05) is 6.61 Å². The van der Waals surface area contributed by atoms with Gasteiger partial charge in [-0.05, 0) is 26.0 Å². The van der Waals surface area contributed by atoms with Crippen LogP contribution in [0.25, 0.3) is 22.4 Å². The van der Waals surface area contributed by atoms with Gasteiger partial charge in [-0.3, -0.25) is 18.7 Å². The van der Waals surface area contributed by atoms with Gasteiger partial charge in [-0.15, -0.1) is 0 Å². The van der Waals surface area contributed by atoms with Crippen molar-refractivity contribution in [2.24, 2.45) is 14.1 Å². The van der Waals surface area contributed by atoms with Gasteiger partial charge in [0.15, 0.2) is 11.5 Å². The summed E-state index contributed by atoms with van der Waals surface area (Å²) in [5.41, 5.74) is -0.991. The first-order valence-corrected chi connectivity index (χ1v) is 9.70. The van der Waals surface area contributed by atoms with E-state index in [9.17, 15) is 18.8 Å². The second kappa shape index (κ2) is 8.16. The molecule has 3 aromatic rings. The Balaban J connectivity index is 2.32. The summed E-state index contributed by atoms with van der Waals surface area (Å²) in [5, 5.41) is -0.427. The number of aromatic nitrogens is 4. The number of hydrogen-bond donors (Lipinski definition) is 0. The molecule has 2 heterocycles. The molecule has 0 spiro atoms. The van der Waals surface area contributed by atoms with Crippen molar-refractivity contribution in [3.8, 4) is 11.4 Å². The number of nitrogens with zero attached hydrogens (tertiary/aromatic N) is 4. The van der Waals surface area contributed by atoms with Gasteiger partial charge >= 0.3 is 11.7 Å². The molecule has 8 nitrogen and oxygen atoms in total. The quantitative estimate of drug-likeness (QED) is 0.355. The van der Waals surface area contributed by atoms with Crippen molar-refractivity contribution in [1.29, 1.82) is 0 Å². The number of hydrogen-bond acceptors (Lipinski definition) is 7. The highest BCUT2D eigenvalue weighted by Gasteiger charge is 2.23. The van der Waals surface area contributed by atoms with Gasteiger partial charge in [0.1, 0.15) is 21.5 Å². The average Bonchev–Trinajstić information content (AvgIpc) is 2.70. The molecule has 0 aliphatic carbocycles. The molecule has 29 heavy (non-hydrogen) atoms. The van der Waals surface area contributed by atoms with Crippen LogP contribution in [0, 0.1) is 5.82 Å². The van der Waals surface area contributed by atoms with Crippen LogP contribution in [-0.2, 0) is 23.6 Å². The van der Waals surface area contributed by atoms with Crippen LogP contribution in [0.5, 0.6) is 0 Å². The zero-order valence-corrected chi connectivity index (χ0v) is 17.1. The molecule has 0 fully saturated rings. The molecule has 152 valence electrons. The minimum atomic E-state index is -0.677. The van der Waals surface area contributed by atoms with E-state index in [1.807, 2.05) is 0 Å². The van der Waals surface area contributed by atoms with E-state index in [0.717, 1.165) is 16.3 Å². The van der Waals surface area contributed by atoms with Crippen LogP contribution in [-0.4, -0.2) is 36.9 Å². The number of ether oxygens (including phenoxy) is 1. The van der Waals surface area contributed by atoms with Gasteiger partial charge in [-0.25, -0.2) is 19.2 Å². The van der Waals surface area contributed by atoms with Crippen molar-refractivity contribution >= 4 is 28.8 Å². The third-order valence-electron chi connectivity index (χ3n) is 4.29. The number of benzene rings is 1. The van der Waals surface area contributed by atoms with Gasteiger partial charge in [0.05, 0.1) is 12.2 Å². The number of carbonyl (C=O) groups is 1. The third-order valence-corrected chi connectivity index (χ3v) is 5.35. The summed E-state index contributed by atoms with van der Waals surface area (Å²) in [5.74, 6) is -1.01. The largest absolute Gasteiger partial charge is 0.465 e. The van der Waals surface area contributed by atoms with E-state index >= 15 is 0 Å². The number of fused-ring (bicyclic) bond motifs is 1. The molecule has 0 N–H and O–H groups in total. The van der Waals surface area contributed by atoms with Crippen molar-refractivity contribution in [3.63, 3.8) is 0 Å². The molecule has 0 saturated heterocycles. The van der Waals surface area contributed by atoms with E-state index in [-0.39, 0.29) is 34.1 Å². The van der Waals surface area contributed by atoms with E-state index < -0.39 is 28.3 Å². The van der Waals surface area contributed by atoms with Gasteiger partial charge < -0.3 is 4.74 Å². The highest BCUT2D eigenvalue weighted by Crippen LogP contribution is 2.30. The summed E-state index contributed by atoms with van der Waals surface area (Å²) < 4.78 is 21.5. The van der Waals surface area contributed by atoms with E-state index in [4.69, 9.17) is 4.74 Å². The van der Waals surface area contributed by atoms with Crippen LogP contribution >= 0.6 is 11.8 Å². The number of rotatable bonds is 5. The molecule has 0 amide bonds. The van der Waals surface area contributed by atoms with Crippen LogP contribution < -0.4 is 11.2 Å². The minimum Gasteiger partial charge on any atom is -0.465 e. The van der Waals surface area contributed by atoms with Crippen LogP contribution in [0.2, 0.25) is 0 Å². The fourth-order valence-electron chi connectivity index (χ4n) is 2.75. The first kappa shape index (κ1) is 20.7. The molecule has 0 radical (unpaired) electrons. The molecule has 3 rings (SSSR count). The predicted octanol–water partition coefficient (Wildman–Crippen LogP) is 1.88. The summed E-state index contributed by atoms with van der Waals surface area (Å²) in [6.45, 7) is 3.52. The Morgan fingerprint density at radius 1 is 1.21 bits per heavy atom. The highest BCUT2D eigenvalue weighted by molar-refractivity contribution is 8.00. The Labute approximate surface area is 169 Å². The maximum absolute atomic E-state index is 14.3. The first-order valence-electron chi connectivity index (χ1n) is 8.82. The summed E-state index contributed by atoms with van der Waals surface area (Å²) in [6, 6.07) is 5.92. The Morgan fingerprint density at radius 2 is 1.90 bits per heavy atom. The van der Waals surface area contributed by atoms with Gasteiger partial charge in [-0.2, -0.15) is 0 Å². The maximum atomic E-state index is 14.3. The van der Waals surface area contributed by atoms with Gasteiger partial charge in [0.25, 0.3) is 5.56 Å². The number of halogens is 1. The molecule has 0 bridgehead atoms. The highest BCUT2D eigenvalue weighted by atomic mass is 32.2. The Hall–Kier alpha value is -3.01. The number of thioether (sulfide) groups is 1. The van der Waals surface area contributed by atoms with E-state index in [0.29, 0.717) is 0 Å². The lowest BCUT2D eigenvalue weighted by Crippen LogP contribution is -2.37. The van der Waals surface area contributed by atoms with Crippen LogP contribution in [0.4, 0.5) is 4.39 Å².